The maximum absolute atomic E-state index is 13.6. The highest BCUT2D eigenvalue weighted by molar-refractivity contribution is 7.89. The Balaban J connectivity index is 1.64. The van der Waals surface area contributed by atoms with Crippen molar-refractivity contribution >= 4 is 32.6 Å². The smallest absolute Gasteiger partial charge is 0.349 e. The Kier molecular flexibility index (Phi) is 9.59. The molecule has 0 aliphatic carbocycles. The van der Waals surface area contributed by atoms with Gasteiger partial charge in [0.2, 0.25) is 10.0 Å². The third kappa shape index (κ3) is 7.63. The topological polar surface area (TPSA) is 180 Å². The van der Waals surface area contributed by atoms with Crippen molar-refractivity contribution in [3.63, 3.8) is 0 Å². The van der Waals surface area contributed by atoms with Crippen LogP contribution in [-0.2, 0) is 16.4 Å². The monoisotopic (exact) mass is 609 g/mol. The maximum atomic E-state index is 13.6. The molecule has 1 aromatic heterocycles. The van der Waals surface area contributed by atoms with Gasteiger partial charge in [-0.1, -0.05) is 44.2 Å². The highest BCUT2D eigenvalue weighted by Crippen LogP contribution is 2.23. The minimum atomic E-state index is -4.20. The number of fused-ring (bicyclic) bond motifs is 1. The molecule has 0 saturated heterocycles. The number of aliphatic hydroxyl groups excluding tert-OH is 1. The van der Waals surface area contributed by atoms with Crippen LogP contribution >= 0.6 is 0 Å². The van der Waals surface area contributed by atoms with E-state index in [1.807, 2.05) is 0 Å². The lowest BCUT2D eigenvalue weighted by Gasteiger charge is -2.30. The second-order valence-corrected chi connectivity index (χ2v) is 12.4. The van der Waals surface area contributed by atoms with Gasteiger partial charge in [-0.25, -0.2) is 13.2 Å². The molecule has 0 unspecified atom stereocenters. The number of hydrogen-bond donors (Lipinski definition) is 3. The molecule has 0 aliphatic rings. The van der Waals surface area contributed by atoms with Gasteiger partial charge in [-0.3, -0.25) is 14.9 Å². The largest absolute Gasteiger partial charge is 0.508 e. The molecule has 0 saturated carbocycles. The number of rotatable bonds is 12. The number of aromatic hydroxyl groups is 1. The van der Waals surface area contributed by atoms with Gasteiger partial charge in [0.1, 0.15) is 16.9 Å². The second kappa shape index (κ2) is 13.2. The summed E-state index contributed by atoms with van der Waals surface area (Å²) in [6.45, 7) is 3.20. The maximum Gasteiger partial charge on any atom is 0.349 e. The molecule has 0 aliphatic heterocycles. The van der Waals surface area contributed by atoms with E-state index >= 15 is 0 Å². The highest BCUT2D eigenvalue weighted by Gasteiger charge is 2.32. The summed E-state index contributed by atoms with van der Waals surface area (Å²) in [5.41, 5.74) is -0.730. The molecule has 0 spiro atoms. The van der Waals surface area contributed by atoms with E-state index in [2.05, 4.69) is 5.32 Å². The van der Waals surface area contributed by atoms with Crippen molar-refractivity contribution < 1.29 is 32.8 Å². The van der Waals surface area contributed by atoms with Crippen molar-refractivity contribution in [2.45, 2.75) is 37.3 Å². The molecule has 0 radical (unpaired) electrons. The normalized spacial score (nSPS) is 13.2. The van der Waals surface area contributed by atoms with Crippen LogP contribution in [0.5, 0.6) is 5.75 Å². The molecule has 226 valence electrons. The first-order valence-electron chi connectivity index (χ1n) is 13.4. The third-order valence-corrected chi connectivity index (χ3v) is 8.53. The summed E-state index contributed by atoms with van der Waals surface area (Å²) in [5, 5.41) is 35.2. The van der Waals surface area contributed by atoms with Crippen LogP contribution in [0.4, 0.5) is 5.69 Å². The van der Waals surface area contributed by atoms with Crippen LogP contribution in [0.25, 0.3) is 11.0 Å². The first kappa shape index (κ1) is 31.3. The van der Waals surface area contributed by atoms with Crippen LogP contribution in [0.3, 0.4) is 0 Å². The van der Waals surface area contributed by atoms with E-state index < -0.39 is 45.2 Å². The zero-order chi connectivity index (χ0) is 31.3. The lowest BCUT2D eigenvalue weighted by Crippen LogP contribution is -2.51. The minimum absolute atomic E-state index is 0.0174. The van der Waals surface area contributed by atoms with E-state index in [4.69, 9.17) is 4.42 Å². The van der Waals surface area contributed by atoms with Gasteiger partial charge in [0, 0.05) is 36.7 Å². The van der Waals surface area contributed by atoms with E-state index in [-0.39, 0.29) is 46.4 Å². The Morgan fingerprint density at radius 1 is 1.02 bits per heavy atom. The van der Waals surface area contributed by atoms with Crippen molar-refractivity contribution in [3.8, 4) is 5.75 Å². The number of nitrogens with zero attached hydrogens (tertiary/aromatic N) is 2. The fourth-order valence-electron chi connectivity index (χ4n) is 4.56. The fraction of sp³-hybridized carbons (Fsp3) is 0.267. The summed E-state index contributed by atoms with van der Waals surface area (Å²) < 4.78 is 33.5. The number of hydrogen-bond acceptors (Lipinski definition) is 9. The van der Waals surface area contributed by atoms with Crippen LogP contribution in [0.2, 0.25) is 0 Å². The molecule has 3 aromatic carbocycles. The Morgan fingerprint density at radius 3 is 2.33 bits per heavy atom. The molecule has 43 heavy (non-hydrogen) atoms. The van der Waals surface area contributed by atoms with Crippen molar-refractivity contribution in [3.05, 3.63) is 111 Å². The lowest BCUT2D eigenvalue weighted by molar-refractivity contribution is -0.384. The molecule has 1 amide bonds. The van der Waals surface area contributed by atoms with Gasteiger partial charge in [-0.15, -0.1) is 0 Å². The van der Waals surface area contributed by atoms with E-state index in [0.29, 0.717) is 5.39 Å². The number of non-ortho nitro benzene ring substituents is 1. The molecule has 2 atom stereocenters. The summed E-state index contributed by atoms with van der Waals surface area (Å²) in [6.07, 6.45) is -1.33. The van der Waals surface area contributed by atoms with Crippen LogP contribution in [-0.4, -0.2) is 59.0 Å². The average molecular weight is 610 g/mol. The summed E-state index contributed by atoms with van der Waals surface area (Å²) in [6, 6.07) is 17.7. The number of carbonyl (C=O) groups excluding carboxylic acids is 1. The first-order chi connectivity index (χ1) is 20.3. The number of nitro benzene ring substituents is 1. The molecule has 13 heteroatoms. The van der Waals surface area contributed by atoms with Gasteiger partial charge in [0.25, 0.3) is 11.6 Å². The van der Waals surface area contributed by atoms with E-state index in [1.165, 1.54) is 24.3 Å². The van der Waals surface area contributed by atoms with E-state index in [0.717, 1.165) is 34.1 Å². The summed E-state index contributed by atoms with van der Waals surface area (Å²) in [4.78, 5) is 36.2. The van der Waals surface area contributed by atoms with E-state index in [9.17, 15) is 38.3 Å². The standard InChI is InChI=1S/C30H31N3O9S/c1-19(2)17-32(43(40,41)24-12-9-22(10-13-24)33(38)39)18-27(35)26(14-20-6-4-3-5-7-20)31-29(36)25-15-21-8-11-23(34)16-28(21)42-30(25)37/h3-13,15-16,19,26-27,34-35H,14,17-18H2,1-2H3,(H,31,36)/t26-,27+/m0/s1. The molecule has 3 N–H and O–H groups in total. The van der Waals surface area contributed by atoms with Crippen molar-refractivity contribution in [1.82, 2.24) is 9.62 Å². The minimum Gasteiger partial charge on any atom is -0.508 e. The fourth-order valence-corrected chi connectivity index (χ4v) is 6.18. The van der Waals surface area contributed by atoms with Gasteiger partial charge in [-0.2, -0.15) is 4.31 Å². The number of amides is 1. The molecule has 4 rings (SSSR count). The average Bonchev–Trinajstić information content (AvgIpc) is 2.96. The van der Waals surface area contributed by atoms with Crippen molar-refractivity contribution in [1.29, 1.82) is 0 Å². The van der Waals surface area contributed by atoms with Gasteiger partial charge >= 0.3 is 5.63 Å². The number of benzene rings is 3. The van der Waals surface area contributed by atoms with Gasteiger partial charge in [-0.05, 0) is 48.2 Å². The van der Waals surface area contributed by atoms with Crippen LogP contribution < -0.4 is 10.9 Å². The number of phenols is 1. The first-order valence-corrected chi connectivity index (χ1v) is 14.8. The Hall–Kier alpha value is -4.59. The highest BCUT2D eigenvalue weighted by atomic mass is 32.2. The van der Waals surface area contributed by atoms with Crippen molar-refractivity contribution in [2.75, 3.05) is 13.1 Å². The van der Waals surface area contributed by atoms with E-state index in [1.54, 1.807) is 44.2 Å². The molecule has 0 fully saturated rings. The quantitative estimate of drug-likeness (QED) is 0.123. The molecule has 12 nitrogen and oxygen atoms in total. The van der Waals surface area contributed by atoms with Gasteiger partial charge in [0.15, 0.2) is 0 Å². The van der Waals surface area contributed by atoms with Crippen LogP contribution in [0.1, 0.15) is 29.8 Å². The molecular weight excluding hydrogens is 578 g/mol. The predicted molar refractivity (Wildman–Crippen MR) is 158 cm³/mol. The summed E-state index contributed by atoms with van der Waals surface area (Å²) >= 11 is 0. The lowest BCUT2D eigenvalue weighted by atomic mass is 10.0. The third-order valence-electron chi connectivity index (χ3n) is 6.69. The van der Waals surface area contributed by atoms with Gasteiger partial charge in [0.05, 0.1) is 22.0 Å². The molecular formula is C30H31N3O9S. The molecule has 4 aromatic rings. The molecule has 1 heterocycles. The predicted octanol–water partition coefficient (Wildman–Crippen LogP) is 3.46. The number of aliphatic hydroxyl groups is 1. The number of nitro groups is 1. The zero-order valence-electron chi connectivity index (χ0n) is 23.4. The Morgan fingerprint density at radius 2 is 1.70 bits per heavy atom. The number of nitrogens with one attached hydrogen (secondary N) is 1. The SMILES string of the molecule is CC(C)CN(C[C@@H](O)[C@H](Cc1ccccc1)NC(=O)c1cc2ccc(O)cc2oc1=O)S(=O)(=O)c1ccc([N+](=O)[O-])cc1. The zero-order valence-corrected chi connectivity index (χ0v) is 24.2. The number of phenolic OH excluding ortho intramolecular Hbond substituents is 1. The number of carbonyl (C=O) groups is 1. The van der Waals surface area contributed by atoms with Crippen LogP contribution in [0.15, 0.2) is 93.0 Å². The van der Waals surface area contributed by atoms with Gasteiger partial charge < -0.3 is 19.9 Å². The summed E-state index contributed by atoms with van der Waals surface area (Å²) in [7, 11) is -4.20. The Labute approximate surface area is 247 Å². The molecule has 0 bridgehead atoms. The van der Waals surface area contributed by atoms with Crippen LogP contribution in [0, 0.1) is 16.0 Å². The Bertz CT molecular complexity index is 1770. The number of sulfonamides is 1. The van der Waals surface area contributed by atoms with Crippen molar-refractivity contribution in [2.24, 2.45) is 5.92 Å². The summed E-state index contributed by atoms with van der Waals surface area (Å²) in [5.74, 6) is -1.10. The second-order valence-electron chi connectivity index (χ2n) is 10.5.